The summed E-state index contributed by atoms with van der Waals surface area (Å²) in [6, 6.07) is 5.82. The number of nitrogens with zero attached hydrogens (tertiary/aromatic N) is 1. The SMILES string of the molecule is O=C(NCc1cccc2c1OCO2)N1C[C@H]2CCC[C@@H]2C1. The maximum atomic E-state index is 12.3. The van der Waals surface area contributed by atoms with Gasteiger partial charge in [0.05, 0.1) is 0 Å². The van der Waals surface area contributed by atoms with Gasteiger partial charge in [-0.1, -0.05) is 18.6 Å². The summed E-state index contributed by atoms with van der Waals surface area (Å²) in [5.41, 5.74) is 0.970. The molecule has 0 bridgehead atoms. The lowest BCUT2D eigenvalue weighted by atomic mass is 10.0. The normalized spacial score (nSPS) is 26.0. The molecule has 21 heavy (non-hydrogen) atoms. The van der Waals surface area contributed by atoms with Crippen LogP contribution in [0, 0.1) is 11.8 Å². The minimum atomic E-state index is 0.0425. The third-order valence-electron chi connectivity index (χ3n) is 4.92. The molecule has 0 aromatic heterocycles. The first-order valence-corrected chi connectivity index (χ1v) is 7.71. The van der Waals surface area contributed by atoms with Gasteiger partial charge < -0.3 is 19.7 Å². The second-order valence-electron chi connectivity index (χ2n) is 6.17. The summed E-state index contributed by atoms with van der Waals surface area (Å²) in [7, 11) is 0. The number of ether oxygens (including phenoxy) is 2. The molecule has 0 spiro atoms. The van der Waals surface area contributed by atoms with Crippen molar-refractivity contribution in [2.45, 2.75) is 25.8 Å². The van der Waals surface area contributed by atoms with Crippen LogP contribution in [-0.4, -0.2) is 30.8 Å². The molecule has 2 amide bonds. The van der Waals surface area contributed by atoms with Crippen LogP contribution in [0.25, 0.3) is 0 Å². The van der Waals surface area contributed by atoms with Gasteiger partial charge in [-0.2, -0.15) is 0 Å². The Labute approximate surface area is 124 Å². The summed E-state index contributed by atoms with van der Waals surface area (Å²) in [4.78, 5) is 14.3. The average molecular weight is 288 g/mol. The van der Waals surface area contributed by atoms with E-state index in [1.807, 2.05) is 23.1 Å². The number of amides is 2. The Hall–Kier alpha value is -1.91. The summed E-state index contributed by atoms with van der Waals surface area (Å²) in [6.45, 7) is 2.58. The number of fused-ring (bicyclic) bond motifs is 2. The Morgan fingerprint density at radius 2 is 2.05 bits per heavy atom. The Kier molecular flexibility index (Phi) is 3.13. The van der Waals surface area contributed by atoms with Gasteiger partial charge in [-0.05, 0) is 30.7 Å². The fourth-order valence-corrected chi connectivity index (χ4v) is 3.81. The van der Waals surface area contributed by atoms with Crippen LogP contribution in [0.1, 0.15) is 24.8 Å². The van der Waals surface area contributed by atoms with E-state index in [9.17, 15) is 4.79 Å². The first-order valence-electron chi connectivity index (χ1n) is 7.71. The molecule has 1 saturated carbocycles. The van der Waals surface area contributed by atoms with E-state index in [1.165, 1.54) is 19.3 Å². The van der Waals surface area contributed by atoms with Gasteiger partial charge in [0.15, 0.2) is 11.5 Å². The highest BCUT2D eigenvalue weighted by molar-refractivity contribution is 5.74. The predicted octanol–water partition coefficient (Wildman–Crippen LogP) is 2.36. The smallest absolute Gasteiger partial charge is 0.317 e. The van der Waals surface area contributed by atoms with E-state index in [4.69, 9.17) is 9.47 Å². The number of urea groups is 1. The Morgan fingerprint density at radius 1 is 1.24 bits per heavy atom. The third-order valence-corrected chi connectivity index (χ3v) is 4.92. The number of para-hydroxylation sites is 1. The second kappa shape index (κ2) is 5.13. The molecule has 2 atom stereocenters. The van der Waals surface area contributed by atoms with Gasteiger partial charge in [0, 0.05) is 25.2 Å². The molecular weight excluding hydrogens is 268 g/mol. The van der Waals surface area contributed by atoms with Crippen molar-refractivity contribution in [1.29, 1.82) is 0 Å². The van der Waals surface area contributed by atoms with Crippen molar-refractivity contribution in [3.8, 4) is 11.5 Å². The Bertz CT molecular complexity index is 548. The van der Waals surface area contributed by atoms with Crippen molar-refractivity contribution in [2.75, 3.05) is 19.9 Å². The quantitative estimate of drug-likeness (QED) is 0.909. The van der Waals surface area contributed by atoms with Crippen molar-refractivity contribution in [1.82, 2.24) is 10.2 Å². The van der Waals surface area contributed by atoms with Crippen LogP contribution in [0.2, 0.25) is 0 Å². The third kappa shape index (κ3) is 2.30. The minimum absolute atomic E-state index is 0.0425. The predicted molar refractivity (Wildman–Crippen MR) is 77.2 cm³/mol. The van der Waals surface area contributed by atoms with Gasteiger partial charge in [0.25, 0.3) is 0 Å². The lowest BCUT2D eigenvalue weighted by Gasteiger charge is -2.18. The molecule has 2 heterocycles. The topological polar surface area (TPSA) is 50.8 Å². The molecule has 1 aliphatic carbocycles. The Morgan fingerprint density at radius 3 is 2.86 bits per heavy atom. The summed E-state index contributed by atoms with van der Waals surface area (Å²) in [5, 5.41) is 3.01. The molecule has 1 N–H and O–H groups in total. The molecule has 5 nitrogen and oxygen atoms in total. The zero-order valence-electron chi connectivity index (χ0n) is 12.0. The van der Waals surface area contributed by atoms with Crippen molar-refractivity contribution < 1.29 is 14.3 Å². The highest BCUT2D eigenvalue weighted by Crippen LogP contribution is 2.38. The summed E-state index contributed by atoms with van der Waals surface area (Å²) >= 11 is 0. The van der Waals surface area contributed by atoms with E-state index in [2.05, 4.69) is 5.32 Å². The summed E-state index contributed by atoms with van der Waals surface area (Å²) < 4.78 is 10.8. The van der Waals surface area contributed by atoms with E-state index in [0.29, 0.717) is 6.54 Å². The van der Waals surface area contributed by atoms with Crippen LogP contribution in [0.3, 0.4) is 0 Å². The lowest BCUT2D eigenvalue weighted by Crippen LogP contribution is -2.38. The van der Waals surface area contributed by atoms with Gasteiger partial charge in [0.2, 0.25) is 6.79 Å². The summed E-state index contributed by atoms with van der Waals surface area (Å²) in [6.07, 6.45) is 3.90. The second-order valence-corrected chi connectivity index (χ2v) is 6.17. The number of benzene rings is 1. The van der Waals surface area contributed by atoms with Gasteiger partial charge in [-0.3, -0.25) is 0 Å². The molecule has 112 valence electrons. The fraction of sp³-hybridized carbons (Fsp3) is 0.562. The van der Waals surface area contributed by atoms with Crippen molar-refractivity contribution in [3.05, 3.63) is 23.8 Å². The molecule has 1 aromatic rings. The molecule has 1 aromatic carbocycles. The molecule has 4 rings (SSSR count). The monoisotopic (exact) mass is 288 g/mol. The molecule has 2 aliphatic heterocycles. The number of nitrogens with one attached hydrogen (secondary N) is 1. The molecule has 1 saturated heterocycles. The molecule has 2 fully saturated rings. The molecule has 0 radical (unpaired) electrons. The number of carbonyl (C=O) groups excluding carboxylic acids is 1. The van der Waals surface area contributed by atoms with Crippen LogP contribution in [0.15, 0.2) is 18.2 Å². The van der Waals surface area contributed by atoms with Crippen LogP contribution < -0.4 is 14.8 Å². The molecule has 5 heteroatoms. The van der Waals surface area contributed by atoms with E-state index in [0.717, 1.165) is 42.0 Å². The van der Waals surface area contributed by atoms with Crippen molar-refractivity contribution >= 4 is 6.03 Å². The largest absolute Gasteiger partial charge is 0.454 e. The number of carbonyl (C=O) groups is 1. The first kappa shape index (κ1) is 12.8. The molecule has 0 unspecified atom stereocenters. The first-order chi connectivity index (χ1) is 10.3. The van der Waals surface area contributed by atoms with E-state index >= 15 is 0 Å². The number of likely N-dealkylation sites (tertiary alicyclic amines) is 1. The Balaban J connectivity index is 1.37. The standard InChI is InChI=1S/C16H20N2O3/c19-16(18-8-12-4-1-5-13(12)9-18)17-7-11-3-2-6-14-15(11)21-10-20-14/h2-3,6,12-13H,1,4-5,7-10H2,(H,17,19)/t12-,13-/m1/s1. The number of rotatable bonds is 2. The van der Waals surface area contributed by atoms with Gasteiger partial charge in [-0.25, -0.2) is 4.79 Å². The maximum Gasteiger partial charge on any atom is 0.317 e. The van der Waals surface area contributed by atoms with Crippen LogP contribution in [0.4, 0.5) is 4.79 Å². The van der Waals surface area contributed by atoms with Crippen molar-refractivity contribution in [3.63, 3.8) is 0 Å². The summed E-state index contributed by atoms with van der Waals surface area (Å²) in [5.74, 6) is 2.98. The number of hydrogen-bond donors (Lipinski definition) is 1. The maximum absolute atomic E-state index is 12.3. The highest BCUT2D eigenvalue weighted by Gasteiger charge is 2.37. The zero-order chi connectivity index (χ0) is 14.2. The molecular formula is C16H20N2O3. The van der Waals surface area contributed by atoms with Crippen molar-refractivity contribution in [2.24, 2.45) is 11.8 Å². The lowest BCUT2D eigenvalue weighted by molar-refractivity contribution is 0.173. The highest BCUT2D eigenvalue weighted by atomic mass is 16.7. The number of hydrogen-bond acceptors (Lipinski definition) is 3. The van der Waals surface area contributed by atoms with E-state index in [-0.39, 0.29) is 12.8 Å². The van der Waals surface area contributed by atoms with Crippen LogP contribution in [0.5, 0.6) is 11.5 Å². The van der Waals surface area contributed by atoms with Gasteiger partial charge in [0.1, 0.15) is 0 Å². The molecule has 3 aliphatic rings. The fourth-order valence-electron chi connectivity index (χ4n) is 3.81. The van der Waals surface area contributed by atoms with Crippen LogP contribution >= 0.6 is 0 Å². The minimum Gasteiger partial charge on any atom is -0.454 e. The average Bonchev–Trinajstić information content (AvgIpc) is 3.18. The van der Waals surface area contributed by atoms with Crippen LogP contribution in [-0.2, 0) is 6.54 Å². The zero-order valence-corrected chi connectivity index (χ0v) is 12.0. The van der Waals surface area contributed by atoms with Gasteiger partial charge >= 0.3 is 6.03 Å². The van der Waals surface area contributed by atoms with E-state index < -0.39 is 0 Å². The van der Waals surface area contributed by atoms with E-state index in [1.54, 1.807) is 0 Å². The van der Waals surface area contributed by atoms with Gasteiger partial charge in [-0.15, -0.1) is 0 Å².